The van der Waals surface area contributed by atoms with Crippen molar-refractivity contribution in [2.45, 2.75) is 6.92 Å². The average molecular weight is 289 g/mol. The molecule has 0 radical (unpaired) electrons. The molecular formula is C9H9BrN2O4. The van der Waals surface area contributed by atoms with Gasteiger partial charge in [-0.2, -0.15) is 0 Å². The Hall–Kier alpha value is -1.63. The van der Waals surface area contributed by atoms with Crippen molar-refractivity contribution in [2.24, 2.45) is 0 Å². The first-order valence-corrected chi connectivity index (χ1v) is 5.20. The van der Waals surface area contributed by atoms with Crippen molar-refractivity contribution in [2.75, 3.05) is 6.61 Å². The summed E-state index contributed by atoms with van der Waals surface area (Å²) >= 11 is 2.98. The van der Waals surface area contributed by atoms with Crippen molar-refractivity contribution >= 4 is 28.0 Å². The third-order valence-electron chi connectivity index (χ3n) is 1.53. The van der Waals surface area contributed by atoms with E-state index in [1.165, 1.54) is 6.08 Å². The van der Waals surface area contributed by atoms with Crippen LogP contribution >= 0.6 is 15.9 Å². The Balaban J connectivity index is 3.02. The van der Waals surface area contributed by atoms with Gasteiger partial charge in [0.05, 0.1) is 6.61 Å². The SMILES string of the molecule is CCOC(=O)/C(Br)=C\c1cc(=O)[nH]c(=O)[nH]1. The van der Waals surface area contributed by atoms with Gasteiger partial charge in [0.1, 0.15) is 4.48 Å². The predicted octanol–water partition coefficient (Wildman–Crippen LogP) is 0.362. The minimum absolute atomic E-state index is 0.121. The smallest absolute Gasteiger partial charge is 0.345 e. The van der Waals surface area contributed by atoms with Crippen LogP contribution in [0.1, 0.15) is 12.6 Å². The first-order chi connectivity index (χ1) is 7.52. The number of ether oxygens (including phenoxy) is 1. The number of carbonyl (C=O) groups excluding carboxylic acids is 1. The number of hydrogen-bond donors (Lipinski definition) is 2. The first-order valence-electron chi connectivity index (χ1n) is 4.41. The van der Waals surface area contributed by atoms with Gasteiger partial charge >= 0.3 is 11.7 Å². The third kappa shape index (κ3) is 3.50. The highest BCUT2D eigenvalue weighted by Gasteiger charge is 2.06. The fourth-order valence-corrected chi connectivity index (χ4v) is 1.32. The summed E-state index contributed by atoms with van der Waals surface area (Å²) in [7, 11) is 0. The number of rotatable bonds is 3. The van der Waals surface area contributed by atoms with Crippen LogP contribution < -0.4 is 11.2 Å². The molecule has 0 saturated carbocycles. The lowest BCUT2D eigenvalue weighted by atomic mass is 10.3. The Kier molecular flexibility index (Phi) is 4.24. The van der Waals surface area contributed by atoms with Gasteiger partial charge in [0, 0.05) is 11.8 Å². The highest BCUT2D eigenvalue weighted by Crippen LogP contribution is 2.10. The Morgan fingerprint density at radius 1 is 1.50 bits per heavy atom. The summed E-state index contributed by atoms with van der Waals surface area (Å²) < 4.78 is 4.83. The number of hydrogen-bond acceptors (Lipinski definition) is 4. The Morgan fingerprint density at radius 2 is 2.19 bits per heavy atom. The molecule has 6 nitrogen and oxygen atoms in total. The van der Waals surface area contributed by atoms with E-state index in [4.69, 9.17) is 4.74 Å². The number of aromatic amines is 2. The number of halogens is 1. The maximum Gasteiger partial charge on any atom is 0.345 e. The Morgan fingerprint density at radius 3 is 2.75 bits per heavy atom. The summed E-state index contributed by atoms with van der Waals surface area (Å²) in [6.07, 6.45) is 1.30. The van der Waals surface area contributed by atoms with E-state index in [-0.39, 0.29) is 16.8 Å². The number of nitrogens with one attached hydrogen (secondary N) is 2. The van der Waals surface area contributed by atoms with E-state index in [1.54, 1.807) is 6.92 Å². The standard InChI is InChI=1S/C9H9BrN2O4/c1-2-16-8(14)6(10)3-5-4-7(13)12-9(15)11-5/h3-4H,2H2,1H3,(H2,11,12,13,15)/b6-3+. The second-order valence-electron chi connectivity index (χ2n) is 2.76. The molecule has 0 aliphatic heterocycles. The van der Waals surface area contributed by atoms with Crippen molar-refractivity contribution in [3.05, 3.63) is 37.1 Å². The average Bonchev–Trinajstić information content (AvgIpc) is 2.16. The summed E-state index contributed by atoms with van der Waals surface area (Å²) in [4.78, 5) is 37.4. The molecule has 0 aliphatic rings. The molecule has 7 heteroatoms. The Labute approximate surface area is 98.5 Å². The van der Waals surface area contributed by atoms with Gasteiger partial charge in [0.15, 0.2) is 0 Å². The van der Waals surface area contributed by atoms with Crippen molar-refractivity contribution in [3.8, 4) is 0 Å². The first kappa shape index (κ1) is 12.4. The summed E-state index contributed by atoms with van der Waals surface area (Å²) in [5, 5.41) is 0. The molecule has 1 rings (SSSR count). The van der Waals surface area contributed by atoms with E-state index in [2.05, 4.69) is 20.9 Å². The van der Waals surface area contributed by atoms with Crippen LogP contribution in [0.2, 0.25) is 0 Å². The molecule has 0 saturated heterocycles. The quantitative estimate of drug-likeness (QED) is 0.621. The fraction of sp³-hybridized carbons (Fsp3) is 0.222. The molecule has 1 heterocycles. The van der Waals surface area contributed by atoms with E-state index in [1.807, 2.05) is 4.98 Å². The van der Waals surface area contributed by atoms with Gasteiger partial charge in [0.2, 0.25) is 0 Å². The molecule has 86 valence electrons. The van der Waals surface area contributed by atoms with E-state index in [0.717, 1.165) is 6.07 Å². The van der Waals surface area contributed by atoms with Gasteiger partial charge in [-0.05, 0) is 28.9 Å². The monoisotopic (exact) mass is 288 g/mol. The molecule has 0 atom stereocenters. The maximum absolute atomic E-state index is 11.2. The molecule has 0 amide bonds. The van der Waals surface area contributed by atoms with Crippen molar-refractivity contribution in [3.63, 3.8) is 0 Å². The van der Waals surface area contributed by atoms with Crippen molar-refractivity contribution in [1.29, 1.82) is 0 Å². The largest absolute Gasteiger partial charge is 0.462 e. The van der Waals surface area contributed by atoms with Crippen molar-refractivity contribution in [1.82, 2.24) is 9.97 Å². The van der Waals surface area contributed by atoms with E-state index in [9.17, 15) is 14.4 Å². The Bertz CT molecular complexity index is 501. The molecule has 0 aliphatic carbocycles. The molecule has 0 unspecified atom stereocenters. The summed E-state index contributed by atoms with van der Waals surface area (Å²) in [5.41, 5.74) is -0.962. The molecule has 16 heavy (non-hydrogen) atoms. The molecule has 0 fully saturated rings. The topological polar surface area (TPSA) is 92.0 Å². The van der Waals surface area contributed by atoms with Crippen LogP contribution in [0.15, 0.2) is 20.1 Å². The van der Waals surface area contributed by atoms with E-state index < -0.39 is 17.2 Å². The molecule has 0 spiro atoms. The second-order valence-corrected chi connectivity index (χ2v) is 3.61. The van der Waals surface area contributed by atoms with Gasteiger partial charge in [-0.3, -0.25) is 9.78 Å². The summed E-state index contributed by atoms with van der Waals surface area (Å²) in [6.45, 7) is 1.92. The molecule has 0 aromatic carbocycles. The van der Waals surface area contributed by atoms with E-state index in [0.29, 0.717) is 0 Å². The molecule has 0 bridgehead atoms. The molecular weight excluding hydrogens is 280 g/mol. The molecule has 2 N–H and O–H groups in total. The van der Waals surface area contributed by atoms with Gasteiger partial charge in [-0.1, -0.05) is 0 Å². The molecule has 1 aromatic rings. The lowest BCUT2D eigenvalue weighted by Gasteiger charge is -1.99. The van der Waals surface area contributed by atoms with Crippen LogP contribution in [-0.2, 0) is 9.53 Å². The summed E-state index contributed by atoms with van der Waals surface area (Å²) in [6, 6.07) is 1.15. The van der Waals surface area contributed by atoms with Gasteiger partial charge < -0.3 is 9.72 Å². The van der Waals surface area contributed by atoms with Crippen LogP contribution in [0.5, 0.6) is 0 Å². The van der Waals surface area contributed by atoms with Crippen LogP contribution in [-0.4, -0.2) is 22.5 Å². The van der Waals surface area contributed by atoms with Gasteiger partial charge in [-0.15, -0.1) is 0 Å². The summed E-state index contributed by atoms with van der Waals surface area (Å²) in [5.74, 6) is -0.566. The zero-order valence-electron chi connectivity index (χ0n) is 8.37. The molecule has 1 aromatic heterocycles. The number of esters is 1. The zero-order valence-corrected chi connectivity index (χ0v) is 9.96. The highest BCUT2D eigenvalue weighted by molar-refractivity contribution is 9.12. The lowest BCUT2D eigenvalue weighted by molar-refractivity contribution is -0.137. The van der Waals surface area contributed by atoms with Crippen LogP contribution in [0.4, 0.5) is 0 Å². The zero-order chi connectivity index (χ0) is 12.1. The lowest BCUT2D eigenvalue weighted by Crippen LogP contribution is -2.21. The second kappa shape index (κ2) is 5.45. The maximum atomic E-state index is 11.2. The van der Waals surface area contributed by atoms with Gasteiger partial charge in [-0.25, -0.2) is 9.59 Å². The predicted molar refractivity (Wildman–Crippen MR) is 61.2 cm³/mol. The van der Waals surface area contributed by atoms with Crippen LogP contribution in [0, 0.1) is 0 Å². The number of carbonyl (C=O) groups is 1. The number of aromatic nitrogens is 2. The fourth-order valence-electron chi connectivity index (χ4n) is 0.961. The minimum atomic E-state index is -0.636. The normalized spacial score (nSPS) is 11.2. The van der Waals surface area contributed by atoms with Crippen LogP contribution in [0.3, 0.4) is 0 Å². The third-order valence-corrected chi connectivity index (χ3v) is 2.09. The number of H-pyrrole nitrogens is 2. The van der Waals surface area contributed by atoms with E-state index >= 15 is 0 Å². The minimum Gasteiger partial charge on any atom is -0.462 e. The van der Waals surface area contributed by atoms with Crippen LogP contribution in [0.25, 0.3) is 6.08 Å². The van der Waals surface area contributed by atoms with Crippen molar-refractivity contribution < 1.29 is 9.53 Å². The highest BCUT2D eigenvalue weighted by atomic mass is 79.9. The van der Waals surface area contributed by atoms with Gasteiger partial charge in [0.25, 0.3) is 5.56 Å².